The second-order valence-corrected chi connectivity index (χ2v) is 7.91. The van der Waals surface area contributed by atoms with Gasteiger partial charge in [0.25, 0.3) is 0 Å². The molecule has 3 aromatic carbocycles. The molecular weight excluding hydrogens is 420 g/mol. The van der Waals surface area contributed by atoms with Crippen molar-refractivity contribution in [2.24, 2.45) is 0 Å². The Morgan fingerprint density at radius 1 is 0.871 bits per heavy atom. The van der Waals surface area contributed by atoms with Crippen molar-refractivity contribution < 1.29 is 32.0 Å². The summed E-state index contributed by atoms with van der Waals surface area (Å²) in [7, 11) is -2.62. The molecule has 0 amide bonds. The Hall–Kier alpha value is -3.78. The minimum absolute atomic E-state index is 0.0259. The lowest BCUT2D eigenvalue weighted by Gasteiger charge is -2.14. The highest BCUT2D eigenvalue weighted by atomic mass is 32.2. The number of hydrogen-bond donors (Lipinski definition) is 1. The van der Waals surface area contributed by atoms with Crippen LogP contribution in [0.3, 0.4) is 0 Å². The number of carbonyl (C=O) groups is 1. The number of allylic oxidation sites excluding steroid dienone is 1. The van der Waals surface area contributed by atoms with Gasteiger partial charge in [0.2, 0.25) is 0 Å². The number of carboxylic acid groups (broad SMARTS) is 1. The molecular formula is C23H20O7S. The summed E-state index contributed by atoms with van der Waals surface area (Å²) in [6, 6.07) is 20.4. The minimum Gasteiger partial charge on any atom is -0.500 e. The van der Waals surface area contributed by atoms with Crippen LogP contribution in [0, 0.1) is 0 Å². The summed E-state index contributed by atoms with van der Waals surface area (Å²) >= 11 is 0. The molecule has 7 nitrogen and oxygen atoms in total. The number of carboxylic acids is 1. The third kappa shape index (κ3) is 5.23. The first-order valence-electron chi connectivity index (χ1n) is 9.17. The molecule has 0 aromatic heterocycles. The third-order valence-corrected chi connectivity index (χ3v) is 5.56. The molecule has 0 saturated heterocycles. The van der Waals surface area contributed by atoms with Crippen molar-refractivity contribution in [3.63, 3.8) is 0 Å². The second-order valence-electron chi connectivity index (χ2n) is 6.36. The predicted octanol–water partition coefficient (Wildman–Crippen LogP) is 4.71. The lowest BCUT2D eigenvalue weighted by molar-refractivity contribution is -0.130. The SMILES string of the molecule is CO/C(C)=C(/C(=O)O)c1ccccc1Oc1cccc(OS(=O)(=O)c2ccccc2)c1. The summed E-state index contributed by atoms with van der Waals surface area (Å²) in [5.74, 6) is -0.357. The summed E-state index contributed by atoms with van der Waals surface area (Å²) in [5, 5.41) is 9.62. The molecule has 0 atom stereocenters. The van der Waals surface area contributed by atoms with Crippen molar-refractivity contribution in [3.05, 3.63) is 90.2 Å². The number of aliphatic carboxylic acids is 1. The number of para-hydroxylation sites is 1. The number of rotatable bonds is 8. The Morgan fingerprint density at radius 2 is 1.52 bits per heavy atom. The van der Waals surface area contributed by atoms with Crippen LogP contribution in [-0.4, -0.2) is 26.6 Å². The summed E-state index contributed by atoms with van der Waals surface area (Å²) in [4.78, 5) is 11.8. The molecule has 0 aliphatic heterocycles. The number of methoxy groups -OCH3 is 1. The Bertz CT molecular complexity index is 1220. The maximum Gasteiger partial charge on any atom is 0.339 e. The highest BCUT2D eigenvalue weighted by molar-refractivity contribution is 7.87. The van der Waals surface area contributed by atoms with Crippen molar-refractivity contribution >= 4 is 21.7 Å². The smallest absolute Gasteiger partial charge is 0.339 e. The quantitative estimate of drug-likeness (QED) is 0.308. The Kier molecular flexibility index (Phi) is 6.61. The van der Waals surface area contributed by atoms with E-state index in [2.05, 4.69) is 0 Å². The molecule has 0 unspecified atom stereocenters. The number of hydrogen-bond acceptors (Lipinski definition) is 6. The van der Waals surface area contributed by atoms with E-state index in [-0.39, 0.29) is 33.5 Å². The summed E-state index contributed by atoms with van der Waals surface area (Å²) in [6.45, 7) is 1.54. The van der Waals surface area contributed by atoms with E-state index in [1.54, 1.807) is 61.5 Å². The van der Waals surface area contributed by atoms with E-state index >= 15 is 0 Å². The van der Waals surface area contributed by atoms with Crippen LogP contribution in [0.15, 0.2) is 89.5 Å². The van der Waals surface area contributed by atoms with E-state index in [4.69, 9.17) is 13.7 Å². The lowest BCUT2D eigenvalue weighted by Crippen LogP contribution is -2.09. The van der Waals surface area contributed by atoms with Crippen LogP contribution in [-0.2, 0) is 19.6 Å². The van der Waals surface area contributed by atoms with E-state index in [0.717, 1.165) is 0 Å². The van der Waals surface area contributed by atoms with Gasteiger partial charge in [-0.2, -0.15) is 8.42 Å². The largest absolute Gasteiger partial charge is 0.500 e. The van der Waals surface area contributed by atoms with Crippen LogP contribution < -0.4 is 8.92 Å². The third-order valence-electron chi connectivity index (χ3n) is 4.30. The first-order valence-corrected chi connectivity index (χ1v) is 10.6. The first-order chi connectivity index (χ1) is 14.8. The number of ether oxygens (including phenoxy) is 2. The fraction of sp³-hybridized carbons (Fsp3) is 0.0870. The molecule has 0 fully saturated rings. The summed E-state index contributed by atoms with van der Waals surface area (Å²) in [5.41, 5.74) is 0.273. The average molecular weight is 440 g/mol. The van der Waals surface area contributed by atoms with Crippen LogP contribution in [0.4, 0.5) is 0 Å². The fourth-order valence-electron chi connectivity index (χ4n) is 2.80. The second kappa shape index (κ2) is 9.36. The average Bonchev–Trinajstić information content (AvgIpc) is 2.75. The van der Waals surface area contributed by atoms with Gasteiger partial charge in [0.05, 0.1) is 7.11 Å². The van der Waals surface area contributed by atoms with E-state index in [9.17, 15) is 18.3 Å². The van der Waals surface area contributed by atoms with E-state index in [0.29, 0.717) is 5.56 Å². The van der Waals surface area contributed by atoms with Gasteiger partial charge in [0, 0.05) is 11.6 Å². The summed E-state index contributed by atoms with van der Waals surface area (Å²) in [6.07, 6.45) is 0. The zero-order chi connectivity index (χ0) is 22.4. The molecule has 8 heteroatoms. The van der Waals surface area contributed by atoms with Crippen LogP contribution in [0.1, 0.15) is 12.5 Å². The van der Waals surface area contributed by atoms with E-state index < -0.39 is 16.1 Å². The van der Waals surface area contributed by atoms with Crippen molar-refractivity contribution in [3.8, 4) is 17.2 Å². The minimum atomic E-state index is -4.01. The van der Waals surface area contributed by atoms with Crippen LogP contribution in [0.2, 0.25) is 0 Å². The summed E-state index contributed by atoms with van der Waals surface area (Å²) < 4.78 is 41.1. The molecule has 160 valence electrons. The van der Waals surface area contributed by atoms with Gasteiger partial charge >= 0.3 is 16.1 Å². The Labute approximate surface area is 180 Å². The van der Waals surface area contributed by atoms with Gasteiger partial charge in [-0.25, -0.2) is 4.79 Å². The van der Waals surface area contributed by atoms with Crippen LogP contribution >= 0.6 is 0 Å². The van der Waals surface area contributed by atoms with Crippen molar-refractivity contribution in [2.45, 2.75) is 11.8 Å². The first kappa shape index (κ1) is 21.9. The van der Waals surface area contributed by atoms with Crippen molar-refractivity contribution in [1.82, 2.24) is 0 Å². The van der Waals surface area contributed by atoms with Gasteiger partial charge in [-0.3, -0.25) is 0 Å². The van der Waals surface area contributed by atoms with Gasteiger partial charge in [-0.05, 0) is 37.3 Å². The normalized spacial score (nSPS) is 11.9. The molecule has 3 aromatic rings. The molecule has 0 radical (unpaired) electrons. The lowest BCUT2D eigenvalue weighted by atomic mass is 10.0. The zero-order valence-corrected chi connectivity index (χ0v) is 17.6. The maximum atomic E-state index is 12.4. The van der Waals surface area contributed by atoms with Gasteiger partial charge in [-0.15, -0.1) is 0 Å². The molecule has 0 heterocycles. The molecule has 0 spiro atoms. The van der Waals surface area contributed by atoms with Crippen molar-refractivity contribution in [2.75, 3.05) is 7.11 Å². The topological polar surface area (TPSA) is 99.1 Å². The molecule has 0 bridgehead atoms. The molecule has 31 heavy (non-hydrogen) atoms. The zero-order valence-electron chi connectivity index (χ0n) is 16.8. The monoisotopic (exact) mass is 440 g/mol. The number of benzene rings is 3. The molecule has 0 aliphatic rings. The van der Waals surface area contributed by atoms with E-state index in [1.165, 1.54) is 31.4 Å². The van der Waals surface area contributed by atoms with Gasteiger partial charge in [0.1, 0.15) is 33.5 Å². The Morgan fingerprint density at radius 3 is 2.19 bits per heavy atom. The van der Waals surface area contributed by atoms with Gasteiger partial charge in [0.15, 0.2) is 0 Å². The van der Waals surface area contributed by atoms with Gasteiger partial charge < -0.3 is 18.8 Å². The highest BCUT2D eigenvalue weighted by Crippen LogP contribution is 2.33. The highest BCUT2D eigenvalue weighted by Gasteiger charge is 2.20. The van der Waals surface area contributed by atoms with Gasteiger partial charge in [-0.1, -0.05) is 42.5 Å². The predicted molar refractivity (Wildman–Crippen MR) is 114 cm³/mol. The fourth-order valence-corrected chi connectivity index (χ4v) is 3.74. The Balaban J connectivity index is 1.92. The maximum absolute atomic E-state index is 12.4. The molecule has 0 aliphatic carbocycles. The van der Waals surface area contributed by atoms with Crippen LogP contribution in [0.25, 0.3) is 5.57 Å². The van der Waals surface area contributed by atoms with Crippen molar-refractivity contribution in [1.29, 1.82) is 0 Å². The molecule has 3 rings (SSSR count). The van der Waals surface area contributed by atoms with Crippen LogP contribution in [0.5, 0.6) is 17.2 Å². The molecule has 0 saturated carbocycles. The molecule has 1 N–H and O–H groups in total. The standard InChI is InChI=1S/C23H20O7S/c1-16(28-2)22(23(24)25)20-13-6-7-14-21(20)29-17-9-8-10-18(15-17)30-31(26,27)19-11-4-3-5-12-19/h3-15H,1-2H3,(H,24,25)/b22-16+. The van der Waals surface area contributed by atoms with E-state index in [1.807, 2.05) is 0 Å².